The van der Waals surface area contributed by atoms with Crippen LogP contribution in [0.25, 0.3) is 0 Å². The number of likely N-dealkylation sites (tertiary alicyclic amines) is 1. The summed E-state index contributed by atoms with van der Waals surface area (Å²) in [4.78, 5) is 15.2. The van der Waals surface area contributed by atoms with Crippen molar-refractivity contribution in [3.05, 3.63) is 21.1 Å². The normalized spacial score (nSPS) is 22.2. The van der Waals surface area contributed by atoms with Gasteiger partial charge in [-0.25, -0.2) is 0 Å². The molecule has 1 aromatic rings. The van der Waals surface area contributed by atoms with Gasteiger partial charge in [-0.05, 0) is 41.4 Å². The fourth-order valence-corrected chi connectivity index (χ4v) is 4.38. The van der Waals surface area contributed by atoms with E-state index in [1.807, 2.05) is 0 Å². The Hall–Kier alpha value is -1.06. The number of nitrogens with zero attached hydrogens (tertiary/aromatic N) is 1. The van der Waals surface area contributed by atoms with Gasteiger partial charge in [0, 0.05) is 45.7 Å². The topological polar surface area (TPSA) is 80.3 Å². The quantitative estimate of drug-likeness (QED) is 0.610. The fraction of sp³-hybridized carbons (Fsp3) is 0.650. The fourth-order valence-electron chi connectivity index (χ4n) is 3.78. The van der Waals surface area contributed by atoms with Gasteiger partial charge >= 0.3 is 0 Å². The number of ether oxygens (including phenoxy) is 3. The molecular weight excluding hydrogens is 464 g/mol. The zero-order chi connectivity index (χ0) is 20.8. The molecule has 1 amide bonds. The summed E-state index contributed by atoms with van der Waals surface area (Å²) in [6.07, 6.45) is 2.45. The van der Waals surface area contributed by atoms with Crippen LogP contribution in [0.2, 0.25) is 5.02 Å². The molecule has 0 bridgehead atoms. The summed E-state index contributed by atoms with van der Waals surface area (Å²) >= 11 is 9.72. The van der Waals surface area contributed by atoms with Crippen molar-refractivity contribution in [2.24, 2.45) is 5.92 Å². The molecule has 7 nitrogen and oxygen atoms in total. The Morgan fingerprint density at radius 3 is 2.90 bits per heavy atom. The number of hydrogen-bond acceptors (Lipinski definition) is 6. The van der Waals surface area contributed by atoms with Gasteiger partial charge in [0.1, 0.15) is 0 Å². The average Bonchev–Trinajstić information content (AvgIpc) is 2.99. The molecule has 2 atom stereocenters. The highest BCUT2D eigenvalue weighted by Gasteiger charge is 2.30. The first kappa shape index (κ1) is 22.6. The minimum atomic E-state index is -0.237. The molecule has 0 aromatic heterocycles. The number of benzene rings is 1. The van der Waals surface area contributed by atoms with E-state index in [1.165, 1.54) is 0 Å². The van der Waals surface area contributed by atoms with E-state index in [4.69, 9.17) is 30.9 Å². The molecular formula is C20H28BrClN2O5. The van der Waals surface area contributed by atoms with Crippen LogP contribution in [0.3, 0.4) is 0 Å². The first-order chi connectivity index (χ1) is 14.0. The Morgan fingerprint density at radius 1 is 1.41 bits per heavy atom. The van der Waals surface area contributed by atoms with Crippen LogP contribution in [-0.4, -0.2) is 75.1 Å². The van der Waals surface area contributed by atoms with Gasteiger partial charge in [0.25, 0.3) is 5.91 Å². The smallest absolute Gasteiger partial charge is 0.255 e. The number of piperidine rings is 1. The van der Waals surface area contributed by atoms with Gasteiger partial charge in [-0.1, -0.05) is 11.6 Å². The number of carbonyl (C=O) groups excluding carboxylic acids is 1. The standard InChI is InChI=1S/C20H28BrClN2O5/c1-27-16-12-24(5-2-7-25)6-4-13(16)11-23-20(26)14-10-15(22)17(21)19-18(14)28-8-3-9-29-19/h10,13,16,25H,2-9,11-12H2,1H3,(H,23,26)/t13-,16+/m0/s1. The number of aliphatic hydroxyl groups excluding tert-OH is 1. The molecule has 3 rings (SSSR count). The summed E-state index contributed by atoms with van der Waals surface area (Å²) in [5.41, 5.74) is 0.379. The Balaban J connectivity index is 1.66. The van der Waals surface area contributed by atoms with Gasteiger partial charge in [0.2, 0.25) is 0 Å². The number of aliphatic hydroxyl groups is 1. The molecule has 2 heterocycles. The molecule has 0 spiro atoms. The highest BCUT2D eigenvalue weighted by molar-refractivity contribution is 9.10. The van der Waals surface area contributed by atoms with E-state index in [9.17, 15) is 4.79 Å². The Morgan fingerprint density at radius 2 is 2.17 bits per heavy atom. The summed E-state index contributed by atoms with van der Waals surface area (Å²) in [7, 11) is 1.70. The van der Waals surface area contributed by atoms with E-state index in [0.29, 0.717) is 46.3 Å². The van der Waals surface area contributed by atoms with Crippen molar-refractivity contribution in [3.8, 4) is 11.5 Å². The molecule has 29 heavy (non-hydrogen) atoms. The maximum absolute atomic E-state index is 12.9. The maximum atomic E-state index is 12.9. The van der Waals surface area contributed by atoms with Crippen molar-refractivity contribution >= 4 is 33.4 Å². The highest BCUT2D eigenvalue weighted by Crippen LogP contribution is 2.44. The van der Waals surface area contributed by atoms with E-state index in [-0.39, 0.29) is 24.5 Å². The molecule has 0 unspecified atom stereocenters. The van der Waals surface area contributed by atoms with Crippen molar-refractivity contribution in [1.29, 1.82) is 0 Å². The van der Waals surface area contributed by atoms with Gasteiger partial charge < -0.3 is 29.5 Å². The predicted molar refractivity (Wildman–Crippen MR) is 114 cm³/mol. The zero-order valence-corrected chi connectivity index (χ0v) is 18.9. The first-order valence-electron chi connectivity index (χ1n) is 9.97. The van der Waals surface area contributed by atoms with Gasteiger partial charge in [-0.3, -0.25) is 4.79 Å². The van der Waals surface area contributed by atoms with E-state index in [1.54, 1.807) is 13.2 Å². The van der Waals surface area contributed by atoms with Crippen molar-refractivity contribution in [2.45, 2.75) is 25.4 Å². The second-order valence-electron chi connectivity index (χ2n) is 7.34. The number of fused-ring (bicyclic) bond motifs is 1. The first-order valence-corrected chi connectivity index (χ1v) is 11.1. The van der Waals surface area contributed by atoms with Gasteiger partial charge in [-0.15, -0.1) is 0 Å². The van der Waals surface area contributed by atoms with Crippen LogP contribution >= 0.6 is 27.5 Å². The summed E-state index contributed by atoms with van der Waals surface area (Å²) in [6.45, 7) is 4.28. The molecule has 162 valence electrons. The van der Waals surface area contributed by atoms with Crippen LogP contribution in [0.15, 0.2) is 10.5 Å². The van der Waals surface area contributed by atoms with Crippen molar-refractivity contribution in [2.75, 3.05) is 53.1 Å². The lowest BCUT2D eigenvalue weighted by Crippen LogP contribution is -2.48. The van der Waals surface area contributed by atoms with E-state index in [0.717, 1.165) is 38.9 Å². The van der Waals surface area contributed by atoms with Crippen LogP contribution < -0.4 is 14.8 Å². The van der Waals surface area contributed by atoms with E-state index in [2.05, 4.69) is 26.1 Å². The molecule has 0 aliphatic carbocycles. The maximum Gasteiger partial charge on any atom is 0.255 e. The number of methoxy groups -OCH3 is 1. The monoisotopic (exact) mass is 490 g/mol. The van der Waals surface area contributed by atoms with Crippen LogP contribution in [0.5, 0.6) is 11.5 Å². The lowest BCUT2D eigenvalue weighted by molar-refractivity contribution is -0.0116. The van der Waals surface area contributed by atoms with E-state index < -0.39 is 0 Å². The minimum absolute atomic E-state index is 0.0351. The number of halogens is 2. The highest BCUT2D eigenvalue weighted by atomic mass is 79.9. The summed E-state index contributed by atoms with van der Waals surface area (Å²) in [5, 5.41) is 12.5. The third-order valence-electron chi connectivity index (χ3n) is 5.40. The van der Waals surface area contributed by atoms with Crippen molar-refractivity contribution < 1.29 is 24.1 Å². The second kappa shape index (κ2) is 10.8. The number of hydrogen-bond donors (Lipinski definition) is 2. The van der Waals surface area contributed by atoms with Gasteiger partial charge in [-0.2, -0.15) is 0 Å². The second-order valence-corrected chi connectivity index (χ2v) is 8.54. The Kier molecular flexibility index (Phi) is 8.44. The largest absolute Gasteiger partial charge is 0.489 e. The SMILES string of the molecule is CO[C@@H]1CN(CCCO)CC[C@H]1CNC(=O)c1cc(Cl)c(Br)c2c1OCCCO2. The number of rotatable bonds is 7. The molecule has 2 aliphatic heterocycles. The van der Waals surface area contributed by atoms with Gasteiger partial charge in [0.15, 0.2) is 11.5 Å². The number of carbonyl (C=O) groups is 1. The van der Waals surface area contributed by atoms with Crippen molar-refractivity contribution in [1.82, 2.24) is 10.2 Å². The van der Waals surface area contributed by atoms with Crippen molar-refractivity contribution in [3.63, 3.8) is 0 Å². The molecule has 9 heteroatoms. The summed E-state index contributed by atoms with van der Waals surface area (Å²) < 4.78 is 17.8. The lowest BCUT2D eigenvalue weighted by atomic mass is 9.93. The van der Waals surface area contributed by atoms with Crippen LogP contribution in [-0.2, 0) is 4.74 Å². The number of nitrogens with one attached hydrogen (secondary N) is 1. The molecule has 2 N–H and O–H groups in total. The predicted octanol–water partition coefficient (Wildman–Crippen LogP) is 2.71. The zero-order valence-electron chi connectivity index (χ0n) is 16.6. The lowest BCUT2D eigenvalue weighted by Gasteiger charge is -2.37. The molecule has 2 aliphatic rings. The minimum Gasteiger partial charge on any atom is -0.489 e. The Labute approximate surface area is 184 Å². The molecule has 0 radical (unpaired) electrons. The van der Waals surface area contributed by atoms with Crippen LogP contribution in [0.4, 0.5) is 0 Å². The molecule has 0 saturated carbocycles. The molecule has 1 aromatic carbocycles. The summed E-state index contributed by atoms with van der Waals surface area (Å²) in [5.74, 6) is 0.889. The van der Waals surface area contributed by atoms with Gasteiger partial charge in [0.05, 0.1) is 34.4 Å². The summed E-state index contributed by atoms with van der Waals surface area (Å²) in [6, 6.07) is 1.61. The molecule has 1 fully saturated rings. The molecule has 1 saturated heterocycles. The third kappa shape index (κ3) is 5.55. The third-order valence-corrected chi connectivity index (χ3v) is 6.71. The van der Waals surface area contributed by atoms with Crippen LogP contribution in [0.1, 0.15) is 29.6 Å². The van der Waals surface area contributed by atoms with Crippen LogP contribution in [0, 0.1) is 5.92 Å². The average molecular weight is 492 g/mol. The Bertz CT molecular complexity index is 721. The van der Waals surface area contributed by atoms with E-state index >= 15 is 0 Å². The number of amides is 1.